The Labute approximate surface area is 105 Å². The van der Waals surface area contributed by atoms with Gasteiger partial charge in [-0.15, -0.1) is 0 Å². The van der Waals surface area contributed by atoms with Gasteiger partial charge in [-0.3, -0.25) is 14.9 Å². The molecular formula is C11H8N2O6. The molecular weight excluding hydrogens is 256 g/mol. The molecule has 0 saturated carbocycles. The molecule has 2 aromatic rings. The van der Waals surface area contributed by atoms with Gasteiger partial charge < -0.3 is 14.1 Å². The Morgan fingerprint density at radius 2 is 2.26 bits per heavy atom. The summed E-state index contributed by atoms with van der Waals surface area (Å²) in [5, 5.41) is 19.3. The number of pyridine rings is 1. The van der Waals surface area contributed by atoms with E-state index in [9.17, 15) is 19.7 Å². The van der Waals surface area contributed by atoms with Gasteiger partial charge in [0, 0.05) is 12.3 Å². The molecule has 0 fully saturated rings. The molecule has 2 aromatic heterocycles. The van der Waals surface area contributed by atoms with Crippen LogP contribution in [0.5, 0.6) is 0 Å². The molecule has 2 heterocycles. The highest BCUT2D eigenvalue weighted by Crippen LogP contribution is 2.10. The predicted octanol–water partition coefficient (Wildman–Crippen LogP) is 1.10. The molecule has 0 saturated heterocycles. The number of hydrogen-bond acceptors (Lipinski definition) is 5. The fourth-order valence-corrected chi connectivity index (χ4v) is 1.53. The Bertz CT molecular complexity index is 699. The minimum Gasteiger partial charge on any atom is -0.478 e. The Morgan fingerprint density at radius 1 is 1.53 bits per heavy atom. The molecule has 0 aliphatic heterocycles. The minimum absolute atomic E-state index is 0.0477. The fourth-order valence-electron chi connectivity index (χ4n) is 1.53. The summed E-state index contributed by atoms with van der Waals surface area (Å²) >= 11 is 0. The third-order valence-corrected chi connectivity index (χ3v) is 2.42. The van der Waals surface area contributed by atoms with Crippen molar-refractivity contribution < 1.29 is 19.2 Å². The lowest BCUT2D eigenvalue weighted by Gasteiger charge is -2.01. The number of furan rings is 1. The molecule has 0 amide bonds. The van der Waals surface area contributed by atoms with Gasteiger partial charge in [-0.2, -0.15) is 0 Å². The van der Waals surface area contributed by atoms with Gasteiger partial charge in [-0.25, -0.2) is 4.79 Å². The summed E-state index contributed by atoms with van der Waals surface area (Å²) in [5.41, 5.74) is -1.37. The quantitative estimate of drug-likeness (QED) is 0.652. The van der Waals surface area contributed by atoms with Crippen molar-refractivity contribution in [2.75, 3.05) is 0 Å². The second-order valence-corrected chi connectivity index (χ2v) is 3.69. The molecule has 8 nitrogen and oxygen atoms in total. The third-order valence-electron chi connectivity index (χ3n) is 2.42. The average Bonchev–Trinajstić information content (AvgIpc) is 2.80. The summed E-state index contributed by atoms with van der Waals surface area (Å²) in [5.74, 6) is -0.929. The molecule has 0 atom stereocenters. The van der Waals surface area contributed by atoms with Crippen LogP contribution in [-0.2, 0) is 6.54 Å². The maximum atomic E-state index is 11.7. The third kappa shape index (κ3) is 2.51. The number of aromatic nitrogens is 1. The zero-order valence-electron chi connectivity index (χ0n) is 9.48. The standard InChI is InChI=1S/C11H8N2O6/c14-10-9(13(17)18)2-1-3-12(10)5-8-4-7(6-19-8)11(15)16/h1-4,6H,5H2,(H,15,16). The molecule has 0 aliphatic rings. The molecule has 0 spiro atoms. The molecule has 19 heavy (non-hydrogen) atoms. The predicted molar refractivity (Wildman–Crippen MR) is 62.1 cm³/mol. The van der Waals surface area contributed by atoms with Gasteiger partial charge in [0.15, 0.2) is 0 Å². The number of hydrogen-bond donors (Lipinski definition) is 1. The first-order valence-electron chi connectivity index (χ1n) is 5.13. The highest BCUT2D eigenvalue weighted by atomic mass is 16.6. The molecule has 0 aromatic carbocycles. The normalized spacial score (nSPS) is 10.3. The molecule has 1 N–H and O–H groups in total. The molecule has 98 valence electrons. The van der Waals surface area contributed by atoms with E-state index in [0.717, 1.165) is 16.9 Å². The number of nitrogens with zero attached hydrogens (tertiary/aromatic N) is 2. The van der Waals surface area contributed by atoms with E-state index < -0.39 is 22.1 Å². The van der Waals surface area contributed by atoms with Crippen LogP contribution in [0.1, 0.15) is 16.1 Å². The van der Waals surface area contributed by atoms with Crippen molar-refractivity contribution >= 4 is 11.7 Å². The lowest BCUT2D eigenvalue weighted by Crippen LogP contribution is -2.22. The number of carboxylic acids is 1. The Hall–Kier alpha value is -2.90. The van der Waals surface area contributed by atoms with Crippen molar-refractivity contribution in [3.05, 3.63) is 62.5 Å². The first-order valence-corrected chi connectivity index (χ1v) is 5.13. The van der Waals surface area contributed by atoms with E-state index in [0.29, 0.717) is 0 Å². The highest BCUT2D eigenvalue weighted by molar-refractivity contribution is 5.87. The van der Waals surface area contributed by atoms with Gasteiger partial charge in [0.05, 0.1) is 17.0 Å². The van der Waals surface area contributed by atoms with Crippen molar-refractivity contribution in [2.24, 2.45) is 0 Å². The highest BCUT2D eigenvalue weighted by Gasteiger charge is 2.15. The summed E-state index contributed by atoms with van der Waals surface area (Å²) in [6, 6.07) is 3.72. The van der Waals surface area contributed by atoms with Crippen LogP contribution in [0.4, 0.5) is 5.69 Å². The van der Waals surface area contributed by atoms with E-state index in [2.05, 4.69) is 0 Å². The molecule has 0 unspecified atom stereocenters. The maximum absolute atomic E-state index is 11.7. The lowest BCUT2D eigenvalue weighted by molar-refractivity contribution is -0.386. The molecule has 0 radical (unpaired) electrons. The van der Waals surface area contributed by atoms with Crippen molar-refractivity contribution in [3.63, 3.8) is 0 Å². The molecule has 0 aliphatic carbocycles. The fraction of sp³-hybridized carbons (Fsp3) is 0.0909. The SMILES string of the molecule is O=C(O)c1coc(Cn2cccc([N+](=O)[O-])c2=O)c1. The summed E-state index contributed by atoms with van der Waals surface area (Å²) in [7, 11) is 0. The van der Waals surface area contributed by atoms with Crippen LogP contribution < -0.4 is 5.56 Å². The first kappa shape index (κ1) is 12.6. The van der Waals surface area contributed by atoms with Crippen molar-refractivity contribution in [1.29, 1.82) is 0 Å². The van der Waals surface area contributed by atoms with Gasteiger partial charge >= 0.3 is 17.2 Å². The van der Waals surface area contributed by atoms with E-state index in [1.54, 1.807) is 0 Å². The summed E-state index contributed by atoms with van der Waals surface area (Å²) in [4.78, 5) is 32.2. The number of aromatic carboxylic acids is 1. The van der Waals surface area contributed by atoms with E-state index in [4.69, 9.17) is 9.52 Å². The number of carbonyl (C=O) groups is 1. The zero-order chi connectivity index (χ0) is 14.0. The first-order chi connectivity index (χ1) is 8.99. The molecule has 0 bridgehead atoms. The summed E-state index contributed by atoms with van der Waals surface area (Å²) in [6.45, 7) is -0.0756. The van der Waals surface area contributed by atoms with Gasteiger partial charge in [0.1, 0.15) is 12.0 Å². The largest absolute Gasteiger partial charge is 0.478 e. The second kappa shape index (κ2) is 4.77. The number of rotatable bonds is 4. The number of nitro groups is 1. The summed E-state index contributed by atoms with van der Waals surface area (Å²) in [6.07, 6.45) is 2.40. The van der Waals surface area contributed by atoms with Crippen LogP contribution in [0.3, 0.4) is 0 Å². The van der Waals surface area contributed by atoms with Crippen LogP contribution in [0.2, 0.25) is 0 Å². The van der Waals surface area contributed by atoms with Gasteiger partial charge in [-0.05, 0) is 12.1 Å². The molecule has 2 rings (SSSR count). The second-order valence-electron chi connectivity index (χ2n) is 3.69. The van der Waals surface area contributed by atoms with Crippen molar-refractivity contribution in [2.45, 2.75) is 6.54 Å². The van der Waals surface area contributed by atoms with Crippen molar-refractivity contribution in [3.8, 4) is 0 Å². The number of carboxylic acid groups (broad SMARTS) is 1. The Morgan fingerprint density at radius 3 is 2.84 bits per heavy atom. The Balaban J connectivity index is 2.33. The van der Waals surface area contributed by atoms with Crippen LogP contribution in [0, 0.1) is 10.1 Å². The van der Waals surface area contributed by atoms with Gasteiger partial charge in [0.25, 0.3) is 0 Å². The monoisotopic (exact) mass is 264 g/mol. The lowest BCUT2D eigenvalue weighted by atomic mass is 10.3. The van der Waals surface area contributed by atoms with Crippen molar-refractivity contribution in [1.82, 2.24) is 4.57 Å². The van der Waals surface area contributed by atoms with E-state index in [1.165, 1.54) is 18.3 Å². The van der Waals surface area contributed by atoms with Crippen LogP contribution in [0.15, 0.2) is 39.9 Å². The van der Waals surface area contributed by atoms with Gasteiger partial charge in [0.2, 0.25) is 0 Å². The minimum atomic E-state index is -1.15. The van der Waals surface area contributed by atoms with E-state index in [-0.39, 0.29) is 17.9 Å². The summed E-state index contributed by atoms with van der Waals surface area (Å²) < 4.78 is 6.05. The zero-order valence-corrected chi connectivity index (χ0v) is 9.48. The molecule has 8 heteroatoms. The van der Waals surface area contributed by atoms with Crippen LogP contribution in [0.25, 0.3) is 0 Å². The van der Waals surface area contributed by atoms with E-state index >= 15 is 0 Å². The van der Waals surface area contributed by atoms with E-state index in [1.807, 2.05) is 0 Å². The van der Waals surface area contributed by atoms with Crippen LogP contribution in [-0.4, -0.2) is 20.6 Å². The van der Waals surface area contributed by atoms with Gasteiger partial charge in [-0.1, -0.05) is 0 Å². The maximum Gasteiger partial charge on any atom is 0.338 e. The average molecular weight is 264 g/mol. The Kier molecular flexibility index (Phi) is 3.15. The van der Waals surface area contributed by atoms with Crippen LogP contribution >= 0.6 is 0 Å². The topological polar surface area (TPSA) is 116 Å². The smallest absolute Gasteiger partial charge is 0.338 e.